The van der Waals surface area contributed by atoms with Crippen molar-refractivity contribution in [2.24, 2.45) is 0 Å². The van der Waals surface area contributed by atoms with Crippen LogP contribution >= 0.6 is 0 Å². The molecule has 7 nitrogen and oxygen atoms in total. The molecule has 1 aliphatic carbocycles. The molecule has 128 valence electrons. The van der Waals surface area contributed by atoms with E-state index in [1.54, 1.807) is 19.2 Å². The zero-order valence-electron chi connectivity index (χ0n) is 14.2. The van der Waals surface area contributed by atoms with Crippen molar-refractivity contribution >= 4 is 22.9 Å². The third-order valence-electron chi connectivity index (χ3n) is 4.67. The highest BCUT2D eigenvalue weighted by atomic mass is 16.4. The summed E-state index contributed by atoms with van der Waals surface area (Å²) in [5.41, 5.74) is 1.23. The van der Waals surface area contributed by atoms with Crippen molar-refractivity contribution in [2.75, 3.05) is 0 Å². The maximum atomic E-state index is 12.7. The molecule has 1 amide bonds. The number of amides is 1. The van der Waals surface area contributed by atoms with Crippen LogP contribution in [0.3, 0.4) is 0 Å². The van der Waals surface area contributed by atoms with Gasteiger partial charge in [0.15, 0.2) is 5.65 Å². The molecule has 24 heavy (non-hydrogen) atoms. The Morgan fingerprint density at radius 2 is 2.12 bits per heavy atom. The number of fused-ring (bicyclic) bond motifs is 1. The van der Waals surface area contributed by atoms with E-state index in [4.69, 9.17) is 5.11 Å². The first kappa shape index (κ1) is 16.4. The van der Waals surface area contributed by atoms with E-state index < -0.39 is 11.5 Å². The minimum Gasteiger partial charge on any atom is -0.481 e. The van der Waals surface area contributed by atoms with Gasteiger partial charge < -0.3 is 10.4 Å². The normalized spacial score (nSPS) is 16.2. The fourth-order valence-electron chi connectivity index (χ4n) is 3.22. The van der Waals surface area contributed by atoms with E-state index in [0.29, 0.717) is 24.1 Å². The number of aryl methyl sites for hydroxylation is 1. The second-order valence-electron chi connectivity index (χ2n) is 6.88. The highest BCUT2D eigenvalue weighted by Crippen LogP contribution is 2.35. The molecule has 2 heterocycles. The average Bonchev–Trinajstić information content (AvgIpc) is 2.86. The lowest BCUT2D eigenvalue weighted by molar-refractivity contribution is -0.139. The van der Waals surface area contributed by atoms with Gasteiger partial charge in [-0.05, 0) is 46.1 Å². The summed E-state index contributed by atoms with van der Waals surface area (Å²) in [7, 11) is 0. The first-order valence-electron chi connectivity index (χ1n) is 8.20. The lowest BCUT2D eigenvalue weighted by atomic mass is 9.74. The molecule has 1 aliphatic rings. The highest BCUT2D eigenvalue weighted by molar-refractivity contribution is 5.98. The number of aromatic nitrogens is 3. The lowest BCUT2D eigenvalue weighted by Crippen LogP contribution is -2.54. The summed E-state index contributed by atoms with van der Waals surface area (Å²) < 4.78 is 1.82. The van der Waals surface area contributed by atoms with Crippen LogP contribution in [0.4, 0.5) is 0 Å². The first-order chi connectivity index (χ1) is 11.3. The number of carbonyl (C=O) groups is 2. The monoisotopic (exact) mass is 330 g/mol. The maximum absolute atomic E-state index is 12.7. The summed E-state index contributed by atoms with van der Waals surface area (Å²) in [6, 6.07) is 1.97. The van der Waals surface area contributed by atoms with E-state index in [1.165, 1.54) is 0 Å². The Labute approximate surface area is 140 Å². The molecule has 0 aliphatic heterocycles. The van der Waals surface area contributed by atoms with Crippen molar-refractivity contribution in [3.05, 3.63) is 23.5 Å². The fourth-order valence-corrected chi connectivity index (χ4v) is 3.22. The van der Waals surface area contributed by atoms with E-state index in [1.807, 2.05) is 18.5 Å². The highest BCUT2D eigenvalue weighted by Gasteiger charge is 2.40. The number of carboxylic acids is 1. The molecule has 0 atom stereocenters. The minimum absolute atomic E-state index is 0.0429. The number of hydrogen-bond acceptors (Lipinski definition) is 4. The summed E-state index contributed by atoms with van der Waals surface area (Å²) in [6.07, 6.45) is 3.99. The Morgan fingerprint density at radius 3 is 2.67 bits per heavy atom. The van der Waals surface area contributed by atoms with Crippen molar-refractivity contribution in [3.63, 3.8) is 0 Å². The van der Waals surface area contributed by atoms with Gasteiger partial charge >= 0.3 is 5.97 Å². The molecule has 0 aromatic carbocycles. The molecule has 3 rings (SSSR count). The Balaban J connectivity index is 1.90. The standard InChI is InChI=1S/C17H22N4O3/c1-10(2)21-15-12(9-18-21)7-13(11(3)19-15)16(24)20-17(5-4-6-17)8-14(22)23/h7,9-10H,4-6,8H2,1-3H3,(H,20,24)(H,22,23). The van der Waals surface area contributed by atoms with Crippen LogP contribution in [0, 0.1) is 6.92 Å². The van der Waals surface area contributed by atoms with Gasteiger partial charge in [0.05, 0.1) is 29.4 Å². The molecule has 0 bridgehead atoms. The Kier molecular flexibility index (Phi) is 4.03. The van der Waals surface area contributed by atoms with Crippen LogP contribution in [-0.4, -0.2) is 37.3 Å². The van der Waals surface area contributed by atoms with E-state index in [2.05, 4.69) is 15.4 Å². The van der Waals surface area contributed by atoms with Gasteiger partial charge in [-0.1, -0.05) is 0 Å². The molecule has 0 radical (unpaired) electrons. The third-order valence-corrected chi connectivity index (χ3v) is 4.67. The number of carbonyl (C=O) groups excluding carboxylic acids is 1. The third kappa shape index (κ3) is 2.86. The number of hydrogen-bond donors (Lipinski definition) is 2. The quantitative estimate of drug-likeness (QED) is 0.877. The molecule has 1 fully saturated rings. The second kappa shape index (κ2) is 5.89. The molecule has 0 spiro atoms. The number of rotatable bonds is 5. The topological polar surface area (TPSA) is 97.1 Å². The molecular formula is C17H22N4O3. The smallest absolute Gasteiger partial charge is 0.305 e. The lowest BCUT2D eigenvalue weighted by Gasteiger charge is -2.41. The van der Waals surface area contributed by atoms with E-state index in [9.17, 15) is 9.59 Å². The van der Waals surface area contributed by atoms with Gasteiger partial charge in [-0.2, -0.15) is 5.10 Å². The Hall–Kier alpha value is -2.44. The van der Waals surface area contributed by atoms with Crippen LogP contribution in [0.25, 0.3) is 11.0 Å². The zero-order valence-corrected chi connectivity index (χ0v) is 14.2. The largest absolute Gasteiger partial charge is 0.481 e. The summed E-state index contributed by atoms with van der Waals surface area (Å²) in [6.45, 7) is 5.84. The van der Waals surface area contributed by atoms with Crippen LogP contribution in [0.2, 0.25) is 0 Å². The van der Waals surface area contributed by atoms with Crippen LogP contribution in [0.1, 0.15) is 61.6 Å². The molecule has 2 aromatic rings. The van der Waals surface area contributed by atoms with Crippen molar-refractivity contribution in [1.29, 1.82) is 0 Å². The second-order valence-corrected chi connectivity index (χ2v) is 6.88. The summed E-state index contributed by atoms with van der Waals surface area (Å²) in [5.74, 6) is -1.15. The van der Waals surface area contributed by atoms with Gasteiger partial charge in [0.2, 0.25) is 0 Å². The van der Waals surface area contributed by atoms with Gasteiger partial charge in [-0.15, -0.1) is 0 Å². The molecular weight excluding hydrogens is 308 g/mol. The first-order valence-corrected chi connectivity index (χ1v) is 8.20. The molecule has 0 unspecified atom stereocenters. The molecule has 2 aromatic heterocycles. The van der Waals surface area contributed by atoms with Gasteiger partial charge in [-0.25, -0.2) is 9.67 Å². The summed E-state index contributed by atoms with van der Waals surface area (Å²) >= 11 is 0. The van der Waals surface area contributed by atoms with Crippen molar-refractivity contribution < 1.29 is 14.7 Å². The zero-order chi connectivity index (χ0) is 17.5. The van der Waals surface area contributed by atoms with Crippen LogP contribution in [-0.2, 0) is 4.79 Å². The number of nitrogens with zero attached hydrogens (tertiary/aromatic N) is 3. The summed E-state index contributed by atoms with van der Waals surface area (Å²) in [5, 5.41) is 17.1. The fraction of sp³-hybridized carbons (Fsp3) is 0.529. The van der Waals surface area contributed by atoms with Crippen LogP contribution < -0.4 is 5.32 Å². The predicted molar refractivity (Wildman–Crippen MR) is 89.0 cm³/mol. The number of aliphatic carboxylic acids is 1. The van der Waals surface area contributed by atoms with Crippen LogP contribution in [0.5, 0.6) is 0 Å². The molecule has 0 saturated heterocycles. The Morgan fingerprint density at radius 1 is 1.42 bits per heavy atom. The van der Waals surface area contributed by atoms with Gasteiger partial charge in [-0.3, -0.25) is 9.59 Å². The Bertz CT molecular complexity index is 806. The van der Waals surface area contributed by atoms with Gasteiger partial charge in [0.1, 0.15) is 0 Å². The van der Waals surface area contributed by atoms with Crippen molar-refractivity contribution in [2.45, 2.75) is 58.0 Å². The van der Waals surface area contributed by atoms with Gasteiger partial charge in [0.25, 0.3) is 5.91 Å². The van der Waals surface area contributed by atoms with E-state index >= 15 is 0 Å². The van der Waals surface area contributed by atoms with Crippen LogP contribution in [0.15, 0.2) is 12.3 Å². The maximum Gasteiger partial charge on any atom is 0.305 e. The van der Waals surface area contributed by atoms with Gasteiger partial charge in [0, 0.05) is 11.4 Å². The predicted octanol–water partition coefficient (Wildman–Crippen LogP) is 2.45. The van der Waals surface area contributed by atoms with Crippen molar-refractivity contribution in [1.82, 2.24) is 20.1 Å². The number of carboxylic acid groups (broad SMARTS) is 1. The molecule has 2 N–H and O–H groups in total. The summed E-state index contributed by atoms with van der Waals surface area (Å²) in [4.78, 5) is 28.3. The number of pyridine rings is 1. The van der Waals surface area contributed by atoms with E-state index in [0.717, 1.165) is 17.5 Å². The minimum atomic E-state index is -0.890. The SMILES string of the molecule is Cc1nc2c(cnn2C(C)C)cc1C(=O)NC1(CC(=O)O)CCC1. The average molecular weight is 330 g/mol. The molecule has 1 saturated carbocycles. The van der Waals surface area contributed by atoms with Crippen molar-refractivity contribution in [3.8, 4) is 0 Å². The number of nitrogens with one attached hydrogen (secondary N) is 1. The molecule has 7 heteroatoms. The van der Waals surface area contributed by atoms with E-state index in [-0.39, 0.29) is 18.4 Å².